The largest absolute Gasteiger partial charge is 0.492 e. The quantitative estimate of drug-likeness (QED) is 0.494. The lowest BCUT2D eigenvalue weighted by atomic mass is 10.2. The van der Waals surface area contributed by atoms with Crippen LogP contribution < -0.4 is 10.1 Å². The first kappa shape index (κ1) is 18.6. The molecule has 0 aromatic heterocycles. The van der Waals surface area contributed by atoms with Crippen molar-refractivity contribution in [2.45, 2.75) is 25.5 Å². The number of benzene rings is 1. The fourth-order valence-corrected chi connectivity index (χ4v) is 3.95. The van der Waals surface area contributed by atoms with Crippen LogP contribution in [0.3, 0.4) is 0 Å². The predicted octanol–water partition coefficient (Wildman–Crippen LogP) is 1.54. The zero-order valence-corrected chi connectivity index (χ0v) is 15.5. The molecular formula is C17H27N3O3S. The van der Waals surface area contributed by atoms with Gasteiger partial charge in [-0.2, -0.15) is 0 Å². The van der Waals surface area contributed by atoms with Gasteiger partial charge in [0.1, 0.15) is 12.4 Å². The lowest BCUT2D eigenvalue weighted by Gasteiger charge is -2.39. The summed E-state index contributed by atoms with van der Waals surface area (Å²) in [5, 5.41) is 3.24. The van der Waals surface area contributed by atoms with Crippen LogP contribution in [0.1, 0.15) is 20.8 Å². The topological polar surface area (TPSA) is 71.0 Å². The summed E-state index contributed by atoms with van der Waals surface area (Å²) in [7, 11) is -3.05. The Kier molecular flexibility index (Phi) is 6.10. The van der Waals surface area contributed by atoms with Gasteiger partial charge in [-0.3, -0.25) is 0 Å². The van der Waals surface area contributed by atoms with Crippen LogP contribution in [0.5, 0.6) is 5.75 Å². The molecule has 1 fully saturated rings. The summed E-state index contributed by atoms with van der Waals surface area (Å²) < 4.78 is 29.2. The van der Waals surface area contributed by atoms with Crippen LogP contribution in [0.2, 0.25) is 0 Å². The Hall–Kier alpha value is -1.76. The fraction of sp³-hybridized carbons (Fsp3) is 0.588. The number of nitrogens with zero attached hydrogens (tertiary/aromatic N) is 2. The van der Waals surface area contributed by atoms with Crippen LogP contribution in [-0.2, 0) is 9.84 Å². The zero-order valence-electron chi connectivity index (χ0n) is 14.7. The molecule has 6 nitrogen and oxygen atoms in total. The molecule has 1 saturated heterocycles. The van der Waals surface area contributed by atoms with Gasteiger partial charge in [-0.05, 0) is 32.9 Å². The average molecular weight is 353 g/mol. The van der Waals surface area contributed by atoms with E-state index in [1.54, 1.807) is 13.8 Å². The Balaban J connectivity index is 1.96. The molecule has 1 N–H and O–H groups in total. The smallest absolute Gasteiger partial charge is 0.194 e. The number of nitrogens with one attached hydrogen (secondary N) is 1. The van der Waals surface area contributed by atoms with E-state index in [1.807, 2.05) is 42.2 Å². The van der Waals surface area contributed by atoms with E-state index in [0.29, 0.717) is 26.2 Å². The molecule has 7 heteroatoms. The third-order valence-electron chi connectivity index (χ3n) is 4.04. The van der Waals surface area contributed by atoms with E-state index in [-0.39, 0.29) is 5.75 Å². The van der Waals surface area contributed by atoms with Gasteiger partial charge in [-0.1, -0.05) is 18.2 Å². The second-order valence-electron chi connectivity index (χ2n) is 6.40. The highest BCUT2D eigenvalue weighted by atomic mass is 32.2. The number of para-hydroxylation sites is 1. The summed E-state index contributed by atoms with van der Waals surface area (Å²) in [5.74, 6) is 1.73. The van der Waals surface area contributed by atoms with Crippen molar-refractivity contribution >= 4 is 15.8 Å². The van der Waals surface area contributed by atoms with Crippen molar-refractivity contribution < 1.29 is 13.2 Å². The van der Waals surface area contributed by atoms with Crippen LogP contribution in [0.15, 0.2) is 35.3 Å². The highest BCUT2D eigenvalue weighted by Crippen LogP contribution is 2.23. The van der Waals surface area contributed by atoms with Crippen molar-refractivity contribution in [2.75, 3.05) is 38.5 Å². The molecule has 1 heterocycles. The van der Waals surface area contributed by atoms with Gasteiger partial charge < -0.3 is 15.0 Å². The number of ether oxygens (including phenoxy) is 1. The molecule has 0 aliphatic carbocycles. The molecule has 1 aliphatic heterocycles. The highest BCUT2D eigenvalue weighted by Gasteiger charge is 2.40. The van der Waals surface area contributed by atoms with Crippen LogP contribution in [-0.4, -0.2) is 62.6 Å². The third-order valence-corrected chi connectivity index (χ3v) is 6.58. The van der Waals surface area contributed by atoms with Crippen molar-refractivity contribution in [3.63, 3.8) is 0 Å². The summed E-state index contributed by atoms with van der Waals surface area (Å²) in [5.41, 5.74) is 0. The number of hydrogen-bond donors (Lipinski definition) is 1. The number of sulfone groups is 1. The maximum absolute atomic E-state index is 12.1. The van der Waals surface area contributed by atoms with E-state index in [0.717, 1.165) is 18.3 Å². The molecule has 0 unspecified atom stereocenters. The standard InChI is InChI=1S/C17H27N3O3S/c1-4-18-16(19-10-12-23-15-8-6-5-7-9-15)20-11-13-24(21,22)17(2,3)14-20/h5-9H,4,10-14H2,1-3H3,(H,18,19). The molecule has 2 rings (SSSR count). The zero-order chi connectivity index (χ0) is 17.6. The Morgan fingerprint density at radius 3 is 2.67 bits per heavy atom. The predicted molar refractivity (Wildman–Crippen MR) is 97.4 cm³/mol. The molecule has 0 spiro atoms. The molecule has 0 atom stereocenters. The first-order chi connectivity index (χ1) is 11.4. The molecule has 1 aromatic carbocycles. The highest BCUT2D eigenvalue weighted by molar-refractivity contribution is 7.92. The van der Waals surface area contributed by atoms with Crippen molar-refractivity contribution in [3.05, 3.63) is 30.3 Å². The minimum atomic E-state index is -3.05. The van der Waals surface area contributed by atoms with Crippen molar-refractivity contribution in [3.8, 4) is 5.75 Å². The van der Waals surface area contributed by atoms with E-state index >= 15 is 0 Å². The summed E-state index contributed by atoms with van der Waals surface area (Å²) in [6.45, 7) is 8.20. The van der Waals surface area contributed by atoms with E-state index in [9.17, 15) is 8.42 Å². The fourth-order valence-electron chi connectivity index (χ4n) is 2.58. The van der Waals surface area contributed by atoms with Gasteiger partial charge in [-0.25, -0.2) is 13.4 Å². The lowest BCUT2D eigenvalue weighted by Crippen LogP contribution is -2.57. The molecule has 24 heavy (non-hydrogen) atoms. The number of aliphatic imine (C=N–C) groups is 1. The molecule has 1 aromatic rings. The molecule has 134 valence electrons. The molecule has 0 saturated carbocycles. The monoisotopic (exact) mass is 353 g/mol. The summed E-state index contributed by atoms with van der Waals surface area (Å²) >= 11 is 0. The lowest BCUT2D eigenvalue weighted by molar-refractivity contribution is 0.323. The van der Waals surface area contributed by atoms with Crippen LogP contribution in [0.4, 0.5) is 0 Å². The maximum Gasteiger partial charge on any atom is 0.194 e. The first-order valence-corrected chi connectivity index (χ1v) is 9.94. The number of guanidine groups is 1. The summed E-state index contributed by atoms with van der Waals surface area (Å²) in [4.78, 5) is 6.60. The van der Waals surface area contributed by atoms with Gasteiger partial charge in [0, 0.05) is 19.6 Å². The van der Waals surface area contributed by atoms with Crippen molar-refractivity contribution in [1.82, 2.24) is 10.2 Å². The molecule has 0 amide bonds. The van der Waals surface area contributed by atoms with Gasteiger partial charge in [0.15, 0.2) is 15.8 Å². The molecule has 1 aliphatic rings. The normalized spacial score (nSPS) is 19.8. The molecule has 0 bridgehead atoms. The Morgan fingerprint density at radius 1 is 1.33 bits per heavy atom. The maximum atomic E-state index is 12.1. The minimum absolute atomic E-state index is 0.158. The Bertz CT molecular complexity index is 657. The van der Waals surface area contributed by atoms with Crippen molar-refractivity contribution in [2.24, 2.45) is 4.99 Å². The van der Waals surface area contributed by atoms with E-state index in [2.05, 4.69) is 10.3 Å². The first-order valence-electron chi connectivity index (χ1n) is 8.29. The number of hydrogen-bond acceptors (Lipinski definition) is 4. The SMILES string of the molecule is CCNC(=NCCOc1ccccc1)N1CCS(=O)(=O)C(C)(C)C1. The van der Waals surface area contributed by atoms with Crippen molar-refractivity contribution in [1.29, 1.82) is 0 Å². The van der Waals surface area contributed by atoms with Gasteiger partial charge in [-0.15, -0.1) is 0 Å². The van der Waals surface area contributed by atoms with Crippen LogP contribution in [0, 0.1) is 0 Å². The summed E-state index contributed by atoms with van der Waals surface area (Å²) in [6, 6.07) is 9.62. The molecule has 0 radical (unpaired) electrons. The minimum Gasteiger partial charge on any atom is -0.492 e. The van der Waals surface area contributed by atoms with Gasteiger partial charge >= 0.3 is 0 Å². The second kappa shape index (κ2) is 7.88. The Morgan fingerprint density at radius 2 is 2.04 bits per heavy atom. The average Bonchev–Trinajstić information content (AvgIpc) is 2.54. The van der Waals surface area contributed by atoms with Gasteiger partial charge in [0.05, 0.1) is 17.0 Å². The van der Waals surface area contributed by atoms with Gasteiger partial charge in [0.25, 0.3) is 0 Å². The summed E-state index contributed by atoms with van der Waals surface area (Å²) in [6.07, 6.45) is 0. The van der Waals surface area contributed by atoms with Crippen LogP contribution >= 0.6 is 0 Å². The van der Waals surface area contributed by atoms with Gasteiger partial charge in [0.2, 0.25) is 0 Å². The van der Waals surface area contributed by atoms with E-state index in [4.69, 9.17) is 4.74 Å². The van der Waals surface area contributed by atoms with Crippen LogP contribution in [0.25, 0.3) is 0 Å². The number of rotatable bonds is 5. The third kappa shape index (κ3) is 4.63. The van der Waals surface area contributed by atoms with E-state index < -0.39 is 14.6 Å². The Labute approximate surface area is 144 Å². The van der Waals surface area contributed by atoms with E-state index in [1.165, 1.54) is 0 Å². The molecular weight excluding hydrogens is 326 g/mol. The second-order valence-corrected chi connectivity index (χ2v) is 9.14.